The fourth-order valence-corrected chi connectivity index (χ4v) is 1.16. The molecule has 0 aliphatic rings. The monoisotopic (exact) mass is 268 g/mol. The molecule has 2 atom stereocenters. The van der Waals surface area contributed by atoms with Gasteiger partial charge >= 0.3 is 5.97 Å². The number of carbonyl (C=O) groups excluding carboxylic acids is 1. The number of rotatable bonds is 7. The highest BCUT2D eigenvalue weighted by Crippen LogP contribution is 2.06. The normalized spacial score (nSPS) is 14.6. The van der Waals surface area contributed by atoms with Crippen molar-refractivity contribution in [2.24, 2.45) is 0 Å². The quantitative estimate of drug-likeness (QED) is 0.362. The first-order valence-electron chi connectivity index (χ1n) is 4.51. The molecular weight excluding hydrogens is 252 g/mol. The highest BCUT2D eigenvalue weighted by molar-refractivity contribution is 7.82. The molecule has 0 fully saturated rings. The minimum absolute atomic E-state index is 0.441. The van der Waals surface area contributed by atoms with Gasteiger partial charge in [0.2, 0.25) is 0 Å². The molecule has 2 unspecified atom stereocenters. The fourth-order valence-electron chi connectivity index (χ4n) is 0.732. The highest BCUT2D eigenvalue weighted by atomic mass is 32.1. The van der Waals surface area contributed by atoms with Crippen LogP contribution in [0.1, 0.15) is 0 Å². The van der Waals surface area contributed by atoms with Gasteiger partial charge in [0.15, 0.2) is 10.9 Å². The van der Waals surface area contributed by atoms with Gasteiger partial charge in [-0.1, -0.05) is 0 Å². The molecule has 0 aromatic carbocycles. The number of hydrogen-bond acceptors (Lipinski definition) is 6. The summed E-state index contributed by atoms with van der Waals surface area (Å²) in [6, 6.07) is 0. The van der Waals surface area contributed by atoms with E-state index in [1.807, 2.05) is 19.0 Å². The van der Waals surface area contributed by atoms with E-state index in [4.69, 9.17) is 9.84 Å². The van der Waals surface area contributed by atoms with Crippen LogP contribution in [0.15, 0.2) is 0 Å². The number of likely N-dealkylation sites (N-methyl/N-ethyl adjacent to an activating group) is 1. The number of nitrogens with zero attached hydrogens (tertiary/aromatic N) is 1. The molecule has 0 aromatic rings. The Kier molecular flexibility index (Phi) is 7.56. The SMILES string of the molecule is CN(C)CCNC(=O)C(S)OC(S)C(=O)O. The van der Waals surface area contributed by atoms with Crippen LogP contribution in [-0.4, -0.2) is 59.9 Å². The second kappa shape index (κ2) is 7.77. The Hall–Kier alpha value is -0.440. The topological polar surface area (TPSA) is 78.9 Å². The Balaban J connectivity index is 3.86. The Labute approximate surface area is 105 Å². The Morgan fingerprint density at radius 3 is 2.38 bits per heavy atom. The van der Waals surface area contributed by atoms with E-state index in [0.29, 0.717) is 13.1 Å². The maximum absolute atomic E-state index is 11.3. The lowest BCUT2D eigenvalue weighted by Crippen LogP contribution is -2.39. The molecule has 0 aliphatic carbocycles. The number of carboxylic acid groups (broad SMARTS) is 1. The van der Waals surface area contributed by atoms with Crippen LogP contribution >= 0.6 is 25.3 Å². The Morgan fingerprint density at radius 2 is 1.94 bits per heavy atom. The minimum Gasteiger partial charge on any atom is -0.479 e. The van der Waals surface area contributed by atoms with Gasteiger partial charge in [0.05, 0.1) is 0 Å². The molecule has 0 aromatic heterocycles. The van der Waals surface area contributed by atoms with Crippen molar-refractivity contribution in [1.29, 1.82) is 0 Å². The molecule has 1 amide bonds. The smallest absolute Gasteiger partial charge is 0.343 e. The average Bonchev–Trinajstić information content (AvgIpc) is 2.16. The molecule has 6 nitrogen and oxygen atoms in total. The van der Waals surface area contributed by atoms with Crippen molar-refractivity contribution in [3.63, 3.8) is 0 Å². The molecule has 0 radical (unpaired) electrons. The van der Waals surface area contributed by atoms with E-state index in [2.05, 4.69) is 30.6 Å². The number of amides is 1. The first kappa shape index (κ1) is 15.6. The highest BCUT2D eigenvalue weighted by Gasteiger charge is 2.21. The van der Waals surface area contributed by atoms with E-state index < -0.39 is 22.7 Å². The van der Waals surface area contributed by atoms with E-state index in [-0.39, 0.29) is 0 Å². The van der Waals surface area contributed by atoms with Gasteiger partial charge in [-0.15, -0.1) is 25.3 Å². The molecule has 8 heteroatoms. The number of hydrogen-bond donors (Lipinski definition) is 4. The lowest BCUT2D eigenvalue weighted by molar-refractivity contribution is -0.147. The zero-order chi connectivity index (χ0) is 12.7. The molecule has 16 heavy (non-hydrogen) atoms. The number of carbonyl (C=O) groups is 2. The van der Waals surface area contributed by atoms with Crippen molar-refractivity contribution in [3.8, 4) is 0 Å². The predicted molar refractivity (Wildman–Crippen MR) is 65.8 cm³/mol. The summed E-state index contributed by atoms with van der Waals surface area (Å²) in [5, 5.41) is 11.0. The van der Waals surface area contributed by atoms with Gasteiger partial charge < -0.3 is 20.1 Å². The van der Waals surface area contributed by atoms with Gasteiger partial charge in [0, 0.05) is 13.1 Å². The van der Waals surface area contributed by atoms with Gasteiger partial charge in [-0.2, -0.15) is 0 Å². The molecule has 0 bridgehead atoms. The number of ether oxygens (including phenoxy) is 1. The lowest BCUT2D eigenvalue weighted by Gasteiger charge is -2.15. The first-order chi connectivity index (χ1) is 7.34. The molecule has 94 valence electrons. The summed E-state index contributed by atoms with van der Waals surface area (Å²) in [5.74, 6) is -1.74. The third kappa shape index (κ3) is 6.94. The maximum Gasteiger partial charge on any atom is 0.343 e. The summed E-state index contributed by atoms with van der Waals surface area (Å²) in [4.78, 5) is 23.6. The van der Waals surface area contributed by atoms with Crippen molar-refractivity contribution in [1.82, 2.24) is 10.2 Å². The summed E-state index contributed by atoms with van der Waals surface area (Å²) in [6.07, 6.45) is 0. The molecule has 0 aliphatic heterocycles. The van der Waals surface area contributed by atoms with Gasteiger partial charge in [0.25, 0.3) is 5.91 Å². The molecule has 0 heterocycles. The van der Waals surface area contributed by atoms with Crippen LogP contribution in [-0.2, 0) is 14.3 Å². The molecule has 2 N–H and O–H groups in total. The van der Waals surface area contributed by atoms with E-state index in [0.717, 1.165) is 0 Å². The molecule has 0 spiro atoms. The number of thiol groups is 2. The summed E-state index contributed by atoms with van der Waals surface area (Å²) in [7, 11) is 3.74. The van der Waals surface area contributed by atoms with Crippen LogP contribution in [0.4, 0.5) is 0 Å². The van der Waals surface area contributed by atoms with Crippen LogP contribution in [0.25, 0.3) is 0 Å². The van der Waals surface area contributed by atoms with Gasteiger partial charge in [-0.3, -0.25) is 4.79 Å². The lowest BCUT2D eigenvalue weighted by atomic mass is 10.5. The van der Waals surface area contributed by atoms with Crippen molar-refractivity contribution in [3.05, 3.63) is 0 Å². The standard InChI is InChI=1S/C8H16N2O4S2/c1-10(2)4-3-9-5(11)7(15)14-8(16)6(12)13/h7-8,15-16H,3-4H2,1-2H3,(H,9,11)(H,12,13). The van der Waals surface area contributed by atoms with Crippen LogP contribution in [0, 0.1) is 0 Å². The third-order valence-electron chi connectivity index (χ3n) is 1.55. The molecular formula is C8H16N2O4S2. The van der Waals surface area contributed by atoms with Gasteiger partial charge in [-0.05, 0) is 14.1 Å². The van der Waals surface area contributed by atoms with Crippen molar-refractivity contribution in [2.45, 2.75) is 10.9 Å². The molecule has 0 rings (SSSR count). The largest absolute Gasteiger partial charge is 0.479 e. The van der Waals surface area contributed by atoms with E-state index >= 15 is 0 Å². The minimum atomic E-state index is -1.36. The summed E-state index contributed by atoms with van der Waals surface area (Å²) >= 11 is 7.45. The summed E-state index contributed by atoms with van der Waals surface area (Å²) < 4.78 is 4.73. The zero-order valence-corrected chi connectivity index (χ0v) is 10.9. The summed E-state index contributed by atoms with van der Waals surface area (Å²) in [5.41, 5.74) is -2.50. The van der Waals surface area contributed by atoms with Gasteiger partial charge in [-0.25, -0.2) is 4.79 Å². The van der Waals surface area contributed by atoms with Gasteiger partial charge in [0.1, 0.15) is 0 Å². The fraction of sp³-hybridized carbons (Fsp3) is 0.750. The predicted octanol–water partition coefficient (Wildman–Crippen LogP) is -0.723. The molecule has 0 saturated heterocycles. The third-order valence-corrected chi connectivity index (χ3v) is 2.25. The maximum atomic E-state index is 11.3. The van der Waals surface area contributed by atoms with Crippen LogP contribution in [0.2, 0.25) is 0 Å². The van der Waals surface area contributed by atoms with Crippen LogP contribution in [0.5, 0.6) is 0 Å². The number of nitrogens with one attached hydrogen (secondary N) is 1. The van der Waals surface area contributed by atoms with Crippen LogP contribution in [0.3, 0.4) is 0 Å². The van der Waals surface area contributed by atoms with Crippen molar-refractivity contribution >= 4 is 37.1 Å². The van der Waals surface area contributed by atoms with E-state index in [9.17, 15) is 9.59 Å². The number of aliphatic carboxylic acids is 1. The number of carboxylic acids is 1. The van der Waals surface area contributed by atoms with Crippen molar-refractivity contribution in [2.75, 3.05) is 27.2 Å². The Bertz CT molecular complexity index is 250. The van der Waals surface area contributed by atoms with E-state index in [1.165, 1.54) is 0 Å². The summed E-state index contributed by atoms with van der Waals surface area (Å²) in [6.45, 7) is 1.12. The Morgan fingerprint density at radius 1 is 1.38 bits per heavy atom. The molecule has 0 saturated carbocycles. The van der Waals surface area contributed by atoms with Crippen LogP contribution < -0.4 is 5.32 Å². The van der Waals surface area contributed by atoms with Crippen molar-refractivity contribution < 1.29 is 19.4 Å². The zero-order valence-electron chi connectivity index (χ0n) is 9.08. The van der Waals surface area contributed by atoms with E-state index in [1.54, 1.807) is 0 Å². The average molecular weight is 268 g/mol. The second-order valence-corrected chi connectivity index (χ2v) is 4.21. The first-order valence-corrected chi connectivity index (χ1v) is 5.54. The second-order valence-electron chi connectivity index (χ2n) is 3.27.